The number of hydrogen-bond donors (Lipinski definition) is 0. The number of benzene rings is 4. The fourth-order valence-corrected chi connectivity index (χ4v) is 8.98. The van der Waals surface area contributed by atoms with Gasteiger partial charge < -0.3 is 9.16 Å². The van der Waals surface area contributed by atoms with Crippen LogP contribution in [0, 0.1) is 0 Å². The average Bonchev–Trinajstić information content (AvgIpc) is 2.91. The standard InChI is InChI=1S/C31H30O4Si/c1-31(2,3)36(27-14-7-5-8-15-27,28-16-9-6-10-17-28)35-26-13-11-12-25(22-26)29(32)23-18-20-24(21-19-23)30(33)34-4/h5-22H,1-4H3. The highest BCUT2D eigenvalue weighted by Crippen LogP contribution is 2.37. The lowest BCUT2D eigenvalue weighted by Crippen LogP contribution is -2.68. The number of carbonyl (C=O) groups is 2. The molecule has 0 aromatic heterocycles. The van der Waals surface area contributed by atoms with Gasteiger partial charge in [0, 0.05) is 11.1 Å². The molecule has 0 atom stereocenters. The van der Waals surface area contributed by atoms with E-state index in [1.165, 1.54) is 17.5 Å². The molecule has 0 spiro atoms. The number of methoxy groups -OCH3 is 1. The van der Waals surface area contributed by atoms with Crippen molar-refractivity contribution in [2.24, 2.45) is 0 Å². The maximum Gasteiger partial charge on any atom is 0.337 e. The lowest BCUT2D eigenvalue weighted by atomic mass is 10.0. The molecule has 0 radical (unpaired) electrons. The highest BCUT2D eigenvalue weighted by atomic mass is 28.4. The van der Waals surface area contributed by atoms with Crippen molar-refractivity contribution >= 4 is 30.4 Å². The summed E-state index contributed by atoms with van der Waals surface area (Å²) >= 11 is 0. The average molecular weight is 495 g/mol. The smallest absolute Gasteiger partial charge is 0.337 e. The first-order valence-corrected chi connectivity index (χ1v) is 13.8. The second-order valence-corrected chi connectivity index (χ2v) is 13.9. The maximum atomic E-state index is 13.3. The van der Waals surface area contributed by atoms with E-state index in [-0.39, 0.29) is 10.8 Å². The molecule has 4 nitrogen and oxygen atoms in total. The van der Waals surface area contributed by atoms with Gasteiger partial charge in [-0.05, 0) is 39.7 Å². The number of carbonyl (C=O) groups excluding carboxylic acids is 2. The lowest BCUT2D eigenvalue weighted by Gasteiger charge is -2.43. The normalized spacial score (nSPS) is 11.6. The summed E-state index contributed by atoms with van der Waals surface area (Å²) in [4.78, 5) is 25.0. The molecule has 0 saturated heterocycles. The van der Waals surface area contributed by atoms with E-state index in [1.54, 1.807) is 30.3 Å². The Morgan fingerprint density at radius 2 is 1.17 bits per heavy atom. The molecule has 0 heterocycles. The zero-order chi connectivity index (χ0) is 25.8. The van der Waals surface area contributed by atoms with Crippen LogP contribution < -0.4 is 14.8 Å². The van der Waals surface area contributed by atoms with E-state index in [9.17, 15) is 9.59 Å². The number of rotatable bonds is 7. The molecule has 5 heteroatoms. The van der Waals surface area contributed by atoms with Gasteiger partial charge in [0.1, 0.15) is 5.75 Å². The van der Waals surface area contributed by atoms with Crippen molar-refractivity contribution in [1.82, 2.24) is 0 Å². The molecule has 0 bridgehead atoms. The van der Waals surface area contributed by atoms with Crippen LogP contribution in [0.2, 0.25) is 5.04 Å². The van der Waals surface area contributed by atoms with Crippen molar-refractivity contribution in [2.45, 2.75) is 25.8 Å². The van der Waals surface area contributed by atoms with Gasteiger partial charge in [-0.15, -0.1) is 0 Å². The second kappa shape index (κ2) is 10.3. The molecule has 0 amide bonds. The highest BCUT2D eigenvalue weighted by molar-refractivity contribution is 7.00. The van der Waals surface area contributed by atoms with Gasteiger partial charge in [0.2, 0.25) is 0 Å². The van der Waals surface area contributed by atoms with Crippen LogP contribution in [0.3, 0.4) is 0 Å². The van der Waals surface area contributed by atoms with Crippen LogP contribution in [0.5, 0.6) is 5.75 Å². The van der Waals surface area contributed by atoms with Gasteiger partial charge in [-0.2, -0.15) is 0 Å². The van der Waals surface area contributed by atoms with Crippen LogP contribution in [-0.2, 0) is 4.74 Å². The zero-order valence-corrected chi connectivity index (χ0v) is 22.0. The van der Waals surface area contributed by atoms with E-state index >= 15 is 0 Å². The van der Waals surface area contributed by atoms with Crippen LogP contribution in [-0.4, -0.2) is 27.2 Å². The van der Waals surface area contributed by atoms with E-state index in [2.05, 4.69) is 45.0 Å². The third-order valence-corrected chi connectivity index (χ3v) is 11.3. The topological polar surface area (TPSA) is 52.6 Å². The van der Waals surface area contributed by atoms with Gasteiger partial charge in [0.05, 0.1) is 12.7 Å². The van der Waals surface area contributed by atoms with Gasteiger partial charge >= 0.3 is 14.3 Å². The van der Waals surface area contributed by atoms with E-state index in [1.807, 2.05) is 54.6 Å². The Labute approximate surface area is 213 Å². The predicted octanol–water partition coefficient (Wildman–Crippen LogP) is 5.64. The molecule has 4 rings (SSSR count). The molecular weight excluding hydrogens is 464 g/mol. The molecule has 4 aromatic carbocycles. The molecule has 0 aliphatic carbocycles. The summed E-state index contributed by atoms with van der Waals surface area (Å²) in [7, 11) is -1.48. The van der Waals surface area contributed by atoms with Gasteiger partial charge in [-0.25, -0.2) is 4.79 Å². The molecule has 0 aliphatic heterocycles. The first-order valence-electron chi connectivity index (χ1n) is 11.9. The Kier molecular flexibility index (Phi) is 7.22. The van der Waals surface area contributed by atoms with E-state index < -0.39 is 14.3 Å². The maximum absolute atomic E-state index is 13.3. The number of esters is 1. The number of ketones is 1. The largest absolute Gasteiger partial charge is 0.534 e. The SMILES string of the molecule is COC(=O)c1ccc(C(=O)c2cccc(O[Si](c3ccccc3)(c3ccccc3)C(C)(C)C)c2)cc1. The molecule has 0 aliphatic rings. The molecule has 0 fully saturated rings. The van der Waals surface area contributed by atoms with Crippen molar-refractivity contribution in [3.05, 3.63) is 126 Å². The van der Waals surface area contributed by atoms with Crippen molar-refractivity contribution in [1.29, 1.82) is 0 Å². The van der Waals surface area contributed by atoms with Gasteiger partial charge in [0.15, 0.2) is 5.78 Å². The van der Waals surface area contributed by atoms with Crippen LogP contribution in [0.25, 0.3) is 0 Å². The molecule has 0 saturated carbocycles. The van der Waals surface area contributed by atoms with Crippen molar-refractivity contribution in [2.75, 3.05) is 7.11 Å². The molecular formula is C31H30O4Si. The fraction of sp³-hybridized carbons (Fsp3) is 0.161. The number of hydrogen-bond acceptors (Lipinski definition) is 4. The number of ether oxygens (including phenoxy) is 1. The van der Waals surface area contributed by atoms with Crippen molar-refractivity contribution in [3.63, 3.8) is 0 Å². The summed E-state index contributed by atoms with van der Waals surface area (Å²) in [6.45, 7) is 6.66. The van der Waals surface area contributed by atoms with Gasteiger partial charge in [-0.1, -0.05) is 106 Å². The van der Waals surface area contributed by atoms with Crippen LogP contribution in [0.4, 0.5) is 0 Å². The van der Waals surface area contributed by atoms with Gasteiger partial charge in [-0.3, -0.25) is 4.79 Å². The Hall–Kier alpha value is -3.96. The van der Waals surface area contributed by atoms with Crippen LogP contribution in [0.15, 0.2) is 109 Å². The van der Waals surface area contributed by atoms with Crippen LogP contribution >= 0.6 is 0 Å². The minimum Gasteiger partial charge on any atom is -0.534 e. The first-order chi connectivity index (χ1) is 17.3. The van der Waals surface area contributed by atoms with Gasteiger partial charge in [0.25, 0.3) is 0 Å². The molecule has 0 N–H and O–H groups in total. The summed E-state index contributed by atoms with van der Waals surface area (Å²) in [5.41, 5.74) is 1.42. The third kappa shape index (κ3) is 4.88. The fourth-order valence-electron chi connectivity index (χ4n) is 4.57. The molecule has 182 valence electrons. The Morgan fingerprint density at radius 1 is 0.639 bits per heavy atom. The summed E-state index contributed by atoms with van der Waals surface area (Å²) in [5, 5.41) is 2.14. The summed E-state index contributed by atoms with van der Waals surface area (Å²) in [6, 6.07) is 34.6. The molecule has 0 unspecified atom stereocenters. The van der Waals surface area contributed by atoms with E-state index in [0.29, 0.717) is 22.4 Å². The first kappa shape index (κ1) is 25.1. The predicted molar refractivity (Wildman–Crippen MR) is 146 cm³/mol. The van der Waals surface area contributed by atoms with E-state index in [4.69, 9.17) is 9.16 Å². The lowest BCUT2D eigenvalue weighted by molar-refractivity contribution is 0.0600. The Morgan fingerprint density at radius 3 is 1.67 bits per heavy atom. The van der Waals surface area contributed by atoms with Crippen LogP contribution in [0.1, 0.15) is 47.1 Å². The minimum absolute atomic E-state index is 0.140. The van der Waals surface area contributed by atoms with Crippen molar-refractivity contribution < 1.29 is 18.8 Å². The molecule has 4 aromatic rings. The Balaban J connectivity index is 1.76. The summed E-state index contributed by atoms with van der Waals surface area (Å²) < 4.78 is 11.8. The summed E-state index contributed by atoms with van der Waals surface area (Å²) in [5.74, 6) is 0.0790. The molecule has 36 heavy (non-hydrogen) atoms. The highest BCUT2D eigenvalue weighted by Gasteiger charge is 2.52. The third-order valence-electron chi connectivity index (χ3n) is 6.35. The zero-order valence-electron chi connectivity index (χ0n) is 21.0. The van der Waals surface area contributed by atoms with E-state index in [0.717, 1.165) is 0 Å². The Bertz CT molecular complexity index is 1300. The van der Waals surface area contributed by atoms with Crippen molar-refractivity contribution in [3.8, 4) is 5.75 Å². The second-order valence-electron chi connectivity index (χ2n) is 9.69. The quantitative estimate of drug-likeness (QED) is 0.189. The summed E-state index contributed by atoms with van der Waals surface area (Å²) in [6.07, 6.45) is 0. The monoisotopic (exact) mass is 494 g/mol. The minimum atomic E-state index is -2.81.